The van der Waals surface area contributed by atoms with Gasteiger partial charge in [-0.1, -0.05) is 13.8 Å². The number of rotatable bonds is 3. The van der Waals surface area contributed by atoms with Gasteiger partial charge in [0, 0.05) is 0 Å². The molecule has 2 nitrogen and oxygen atoms in total. The van der Waals surface area contributed by atoms with Crippen molar-refractivity contribution in [1.29, 1.82) is 0 Å². The average molecular weight is 142 g/mol. The summed E-state index contributed by atoms with van der Waals surface area (Å²) in [6.07, 6.45) is 3.21. The smallest absolute Gasteiger partial charge is 0.00210 e. The van der Waals surface area contributed by atoms with Gasteiger partial charge in [0.15, 0.2) is 0 Å². The van der Waals surface area contributed by atoms with E-state index in [1.807, 2.05) is 6.92 Å². The maximum Gasteiger partial charge on any atom is -0.00210 e. The predicted octanol–water partition coefficient (Wildman–Crippen LogP) is 1.99. The summed E-state index contributed by atoms with van der Waals surface area (Å²) in [6.45, 7) is 4.97. The van der Waals surface area contributed by atoms with Gasteiger partial charge in [0.1, 0.15) is 0 Å². The Labute approximate surface area is 62.8 Å². The highest BCUT2D eigenvalue weighted by Crippen LogP contribution is 2.30. The summed E-state index contributed by atoms with van der Waals surface area (Å²) in [5, 5.41) is 12.3. The lowest BCUT2D eigenvalue weighted by atomic mass is 9.81. The van der Waals surface area contributed by atoms with Crippen LogP contribution in [0, 0.1) is 11.1 Å². The maximum absolute atomic E-state index is 11.1. The van der Waals surface area contributed by atoms with E-state index in [0.717, 1.165) is 31.7 Å². The Morgan fingerprint density at radius 1 is 1.50 bits per heavy atom. The number of nitrogens with zero attached hydrogens (tertiary/aromatic N) is 1. The quantitative estimate of drug-likeness (QED) is 0.563. The van der Waals surface area contributed by atoms with E-state index in [9.17, 15) is 5.21 Å². The van der Waals surface area contributed by atoms with Crippen LogP contribution in [-0.2, 0) is 0 Å². The van der Waals surface area contributed by atoms with E-state index in [1.54, 1.807) is 0 Å². The van der Waals surface area contributed by atoms with Crippen molar-refractivity contribution in [2.75, 3.05) is 6.54 Å². The molecule has 0 atom stereocenters. The lowest BCUT2D eigenvalue weighted by Gasteiger charge is -2.45. The van der Waals surface area contributed by atoms with E-state index in [-0.39, 0.29) is 0 Å². The zero-order chi connectivity index (χ0) is 7.56. The molecule has 1 aliphatic rings. The molecular weight excluding hydrogens is 126 g/mol. The maximum atomic E-state index is 11.1. The van der Waals surface area contributed by atoms with E-state index in [0.29, 0.717) is 6.04 Å². The van der Waals surface area contributed by atoms with Crippen molar-refractivity contribution < 1.29 is 0 Å². The molecule has 0 N–H and O–H groups in total. The predicted molar refractivity (Wildman–Crippen MR) is 42.6 cm³/mol. The van der Waals surface area contributed by atoms with Crippen LogP contribution >= 0.6 is 0 Å². The van der Waals surface area contributed by atoms with Gasteiger partial charge < -0.3 is 10.3 Å². The summed E-state index contributed by atoms with van der Waals surface area (Å²) in [7, 11) is 0. The molecule has 60 valence electrons. The SMILES string of the molecule is CCCN([O-])C1CC(C)C1. The van der Waals surface area contributed by atoms with Crippen LogP contribution < -0.4 is 0 Å². The first kappa shape index (κ1) is 8.02. The molecule has 0 radical (unpaired) electrons. The first-order valence-corrected chi connectivity index (χ1v) is 4.17. The summed E-state index contributed by atoms with van der Waals surface area (Å²) < 4.78 is 0. The summed E-state index contributed by atoms with van der Waals surface area (Å²) >= 11 is 0. The van der Waals surface area contributed by atoms with E-state index in [4.69, 9.17) is 0 Å². The van der Waals surface area contributed by atoms with E-state index < -0.39 is 0 Å². The first-order valence-electron chi connectivity index (χ1n) is 4.17. The van der Waals surface area contributed by atoms with Gasteiger partial charge in [-0.25, -0.2) is 0 Å². The van der Waals surface area contributed by atoms with Crippen LogP contribution in [0.25, 0.3) is 0 Å². The molecule has 1 rings (SSSR count). The molecule has 2 heteroatoms. The zero-order valence-corrected chi connectivity index (χ0v) is 6.84. The first-order chi connectivity index (χ1) is 4.74. The van der Waals surface area contributed by atoms with Crippen molar-refractivity contribution in [3.05, 3.63) is 5.21 Å². The second-order valence-electron chi connectivity index (χ2n) is 3.37. The summed E-state index contributed by atoms with van der Waals surface area (Å²) in [4.78, 5) is 0. The van der Waals surface area contributed by atoms with Crippen molar-refractivity contribution in [3.63, 3.8) is 0 Å². The Balaban J connectivity index is 2.11. The summed E-state index contributed by atoms with van der Waals surface area (Å²) in [5.74, 6) is 0.790. The lowest BCUT2D eigenvalue weighted by molar-refractivity contribution is 0.130. The van der Waals surface area contributed by atoms with Crippen LogP contribution in [0.3, 0.4) is 0 Å². The highest BCUT2D eigenvalue weighted by atomic mass is 16.5. The normalized spacial score (nSPS) is 32.4. The molecule has 0 bridgehead atoms. The third-order valence-corrected chi connectivity index (χ3v) is 2.20. The number of hydrogen-bond acceptors (Lipinski definition) is 2. The fourth-order valence-electron chi connectivity index (χ4n) is 1.50. The zero-order valence-electron chi connectivity index (χ0n) is 6.84. The van der Waals surface area contributed by atoms with Crippen molar-refractivity contribution in [2.45, 2.75) is 39.2 Å². The summed E-state index contributed by atoms with van der Waals surface area (Å²) in [6, 6.07) is 0.356. The monoisotopic (exact) mass is 142 g/mol. The Hall–Kier alpha value is -0.0800. The number of hydroxylamine groups is 2. The highest BCUT2D eigenvalue weighted by molar-refractivity contribution is 4.84. The third-order valence-electron chi connectivity index (χ3n) is 2.20. The molecule has 0 heterocycles. The Bertz CT molecular complexity index is 96.7. The molecule has 0 spiro atoms. The largest absolute Gasteiger partial charge is 0.785 e. The van der Waals surface area contributed by atoms with Gasteiger partial charge in [0.25, 0.3) is 0 Å². The Morgan fingerprint density at radius 2 is 2.10 bits per heavy atom. The molecule has 1 aliphatic carbocycles. The van der Waals surface area contributed by atoms with Crippen LogP contribution in [0.1, 0.15) is 33.1 Å². The van der Waals surface area contributed by atoms with Crippen molar-refractivity contribution in [3.8, 4) is 0 Å². The van der Waals surface area contributed by atoms with Gasteiger partial charge in [-0.2, -0.15) is 0 Å². The van der Waals surface area contributed by atoms with E-state index >= 15 is 0 Å². The Morgan fingerprint density at radius 3 is 2.50 bits per heavy atom. The van der Waals surface area contributed by atoms with E-state index in [2.05, 4.69) is 6.92 Å². The fourth-order valence-corrected chi connectivity index (χ4v) is 1.50. The van der Waals surface area contributed by atoms with Crippen LogP contribution in [-0.4, -0.2) is 17.6 Å². The molecule has 1 saturated carbocycles. The molecule has 0 unspecified atom stereocenters. The topological polar surface area (TPSA) is 26.3 Å². The van der Waals surface area contributed by atoms with Gasteiger partial charge in [0.2, 0.25) is 0 Å². The van der Waals surface area contributed by atoms with E-state index in [1.165, 1.54) is 5.06 Å². The van der Waals surface area contributed by atoms with Crippen LogP contribution in [0.4, 0.5) is 0 Å². The summed E-state index contributed by atoms with van der Waals surface area (Å²) in [5.41, 5.74) is 0. The molecule has 0 aliphatic heterocycles. The van der Waals surface area contributed by atoms with Crippen molar-refractivity contribution in [1.82, 2.24) is 5.06 Å². The molecule has 0 saturated heterocycles. The van der Waals surface area contributed by atoms with Crippen molar-refractivity contribution >= 4 is 0 Å². The molecule has 0 amide bonds. The molecule has 0 aromatic rings. The second kappa shape index (κ2) is 3.35. The van der Waals surface area contributed by atoms with Crippen LogP contribution in [0.5, 0.6) is 0 Å². The van der Waals surface area contributed by atoms with Gasteiger partial charge >= 0.3 is 0 Å². The van der Waals surface area contributed by atoms with Gasteiger partial charge in [-0.3, -0.25) is 0 Å². The lowest BCUT2D eigenvalue weighted by Crippen LogP contribution is -2.40. The standard InChI is InChI=1S/C8H16NO/c1-3-4-9(10)8-5-7(2)6-8/h7-8H,3-6H2,1-2H3/q-1. The molecule has 0 aromatic heterocycles. The minimum Gasteiger partial charge on any atom is -0.785 e. The van der Waals surface area contributed by atoms with Gasteiger partial charge in [0.05, 0.1) is 0 Å². The minimum absolute atomic E-state index is 0.356. The van der Waals surface area contributed by atoms with Gasteiger partial charge in [-0.15, -0.1) is 0 Å². The average Bonchev–Trinajstić information content (AvgIpc) is 1.82. The van der Waals surface area contributed by atoms with Crippen LogP contribution in [0.15, 0.2) is 0 Å². The minimum atomic E-state index is 0.356. The Kier molecular flexibility index (Phi) is 2.69. The highest BCUT2D eigenvalue weighted by Gasteiger charge is 2.25. The van der Waals surface area contributed by atoms with Crippen LogP contribution in [0.2, 0.25) is 0 Å². The second-order valence-corrected chi connectivity index (χ2v) is 3.37. The molecule has 10 heavy (non-hydrogen) atoms. The van der Waals surface area contributed by atoms with Crippen molar-refractivity contribution in [2.24, 2.45) is 5.92 Å². The molecule has 1 fully saturated rings. The third kappa shape index (κ3) is 1.70. The van der Waals surface area contributed by atoms with Gasteiger partial charge in [-0.05, 0) is 37.8 Å². The molecule has 0 aromatic carbocycles. The fraction of sp³-hybridized carbons (Fsp3) is 1.00. The molecular formula is C8H16NO-. The number of hydrogen-bond donors (Lipinski definition) is 0.